The molecule has 1 aromatic carbocycles. The van der Waals surface area contributed by atoms with Crippen LogP contribution in [0.15, 0.2) is 18.2 Å². The standard InChI is InChI=1S/C14H17NO3/c1-9(16)15-12-7-6-11-4-3-5-14(13(11)8-12)18-10(2)17/h6-8,14H,3-5H2,1-2H3,(H,15,16). The molecule has 1 unspecified atom stereocenters. The van der Waals surface area contributed by atoms with Crippen LogP contribution in [-0.2, 0) is 20.7 Å². The van der Waals surface area contributed by atoms with Gasteiger partial charge in [0.05, 0.1) is 0 Å². The van der Waals surface area contributed by atoms with Gasteiger partial charge in [0.15, 0.2) is 0 Å². The number of nitrogens with one attached hydrogen (secondary N) is 1. The Labute approximate surface area is 106 Å². The van der Waals surface area contributed by atoms with E-state index in [1.807, 2.05) is 18.2 Å². The molecule has 0 saturated carbocycles. The van der Waals surface area contributed by atoms with Gasteiger partial charge in [0.2, 0.25) is 5.91 Å². The highest BCUT2D eigenvalue weighted by molar-refractivity contribution is 5.88. The van der Waals surface area contributed by atoms with E-state index in [0.717, 1.165) is 30.5 Å². The monoisotopic (exact) mass is 247 g/mol. The minimum Gasteiger partial charge on any atom is -0.458 e. The molecule has 18 heavy (non-hydrogen) atoms. The Kier molecular flexibility index (Phi) is 3.65. The minimum absolute atomic E-state index is 0.102. The number of rotatable bonds is 2. The summed E-state index contributed by atoms with van der Waals surface area (Å²) < 4.78 is 5.33. The van der Waals surface area contributed by atoms with Gasteiger partial charge in [-0.05, 0) is 42.5 Å². The van der Waals surface area contributed by atoms with Crippen LogP contribution < -0.4 is 5.32 Å². The van der Waals surface area contributed by atoms with Gasteiger partial charge in [-0.15, -0.1) is 0 Å². The Morgan fingerprint density at radius 1 is 1.33 bits per heavy atom. The second kappa shape index (κ2) is 5.21. The molecular weight excluding hydrogens is 230 g/mol. The van der Waals surface area contributed by atoms with Crippen molar-refractivity contribution in [1.29, 1.82) is 0 Å². The number of anilines is 1. The summed E-state index contributed by atoms with van der Waals surface area (Å²) in [6.45, 7) is 2.90. The van der Waals surface area contributed by atoms with Crippen LogP contribution in [0, 0.1) is 0 Å². The Hall–Kier alpha value is -1.84. The van der Waals surface area contributed by atoms with Crippen molar-refractivity contribution >= 4 is 17.6 Å². The molecule has 4 nitrogen and oxygen atoms in total. The number of benzene rings is 1. The van der Waals surface area contributed by atoms with Gasteiger partial charge >= 0.3 is 5.97 Å². The normalized spacial score (nSPS) is 17.8. The predicted octanol–water partition coefficient (Wildman–Crippen LogP) is 2.59. The van der Waals surface area contributed by atoms with E-state index in [-0.39, 0.29) is 18.0 Å². The van der Waals surface area contributed by atoms with Crippen molar-refractivity contribution in [3.8, 4) is 0 Å². The summed E-state index contributed by atoms with van der Waals surface area (Å²) in [6.07, 6.45) is 2.67. The molecule has 0 saturated heterocycles. The van der Waals surface area contributed by atoms with Crippen LogP contribution in [-0.4, -0.2) is 11.9 Å². The highest BCUT2D eigenvalue weighted by Gasteiger charge is 2.22. The fourth-order valence-electron chi connectivity index (χ4n) is 2.36. The molecule has 96 valence electrons. The first-order chi connectivity index (χ1) is 8.56. The quantitative estimate of drug-likeness (QED) is 0.817. The minimum atomic E-state index is -0.266. The van der Waals surface area contributed by atoms with E-state index < -0.39 is 0 Å². The average Bonchev–Trinajstić information content (AvgIpc) is 2.28. The van der Waals surface area contributed by atoms with Crippen molar-refractivity contribution in [3.63, 3.8) is 0 Å². The van der Waals surface area contributed by atoms with Crippen molar-refractivity contribution in [2.24, 2.45) is 0 Å². The van der Waals surface area contributed by atoms with E-state index in [1.165, 1.54) is 19.4 Å². The Morgan fingerprint density at radius 3 is 2.78 bits per heavy atom. The van der Waals surface area contributed by atoms with Gasteiger partial charge in [-0.3, -0.25) is 9.59 Å². The van der Waals surface area contributed by atoms with Crippen LogP contribution in [0.3, 0.4) is 0 Å². The first-order valence-electron chi connectivity index (χ1n) is 6.14. The molecule has 4 heteroatoms. The number of ether oxygens (including phenoxy) is 1. The smallest absolute Gasteiger partial charge is 0.303 e. The number of fused-ring (bicyclic) bond motifs is 1. The molecular formula is C14H17NO3. The molecule has 0 heterocycles. The number of carbonyl (C=O) groups excluding carboxylic acids is 2. The lowest BCUT2D eigenvalue weighted by molar-refractivity contribution is -0.147. The van der Waals surface area contributed by atoms with E-state index in [2.05, 4.69) is 5.32 Å². The SMILES string of the molecule is CC(=O)Nc1ccc2c(c1)C(OC(C)=O)CCC2. The lowest BCUT2D eigenvalue weighted by atomic mass is 9.89. The number of carbonyl (C=O) groups is 2. The third kappa shape index (κ3) is 2.88. The van der Waals surface area contributed by atoms with Crippen LogP contribution in [0.5, 0.6) is 0 Å². The van der Waals surface area contributed by atoms with Gasteiger partial charge in [-0.25, -0.2) is 0 Å². The molecule has 0 fully saturated rings. The van der Waals surface area contributed by atoms with Gasteiger partial charge in [-0.1, -0.05) is 6.07 Å². The van der Waals surface area contributed by atoms with Gasteiger partial charge < -0.3 is 10.1 Å². The van der Waals surface area contributed by atoms with E-state index in [9.17, 15) is 9.59 Å². The third-order valence-corrected chi connectivity index (χ3v) is 3.03. The summed E-state index contributed by atoms with van der Waals surface area (Å²) in [5.74, 6) is -0.368. The molecule has 1 aliphatic carbocycles. The maximum atomic E-state index is 11.1. The van der Waals surface area contributed by atoms with Crippen molar-refractivity contribution < 1.29 is 14.3 Å². The van der Waals surface area contributed by atoms with E-state index >= 15 is 0 Å². The molecule has 0 aliphatic heterocycles. The summed E-state index contributed by atoms with van der Waals surface area (Å²) in [6, 6.07) is 5.79. The summed E-state index contributed by atoms with van der Waals surface area (Å²) >= 11 is 0. The van der Waals surface area contributed by atoms with Crippen LogP contribution in [0.1, 0.15) is 43.9 Å². The molecule has 0 spiro atoms. The second-order valence-corrected chi connectivity index (χ2v) is 4.59. The number of esters is 1. The summed E-state index contributed by atoms with van der Waals surface area (Å²) in [7, 11) is 0. The summed E-state index contributed by atoms with van der Waals surface area (Å²) in [5.41, 5.74) is 2.96. The van der Waals surface area contributed by atoms with Crippen LogP contribution in [0.25, 0.3) is 0 Å². The van der Waals surface area contributed by atoms with Gasteiger partial charge in [0.25, 0.3) is 0 Å². The molecule has 0 bridgehead atoms. The van der Waals surface area contributed by atoms with Crippen LogP contribution in [0.2, 0.25) is 0 Å². The van der Waals surface area contributed by atoms with Gasteiger partial charge in [0.1, 0.15) is 6.10 Å². The van der Waals surface area contributed by atoms with Crippen molar-refractivity contribution in [3.05, 3.63) is 29.3 Å². The first kappa shape index (κ1) is 12.6. The zero-order valence-corrected chi connectivity index (χ0v) is 10.7. The van der Waals surface area contributed by atoms with Gasteiger partial charge in [-0.2, -0.15) is 0 Å². The highest BCUT2D eigenvalue weighted by Crippen LogP contribution is 2.34. The fraction of sp³-hybridized carbons (Fsp3) is 0.429. The summed E-state index contributed by atoms with van der Waals surface area (Å²) in [5, 5.41) is 2.75. The highest BCUT2D eigenvalue weighted by atomic mass is 16.5. The zero-order chi connectivity index (χ0) is 13.1. The third-order valence-electron chi connectivity index (χ3n) is 3.03. The number of amides is 1. The topological polar surface area (TPSA) is 55.4 Å². The van der Waals surface area contributed by atoms with E-state index in [1.54, 1.807) is 0 Å². The number of hydrogen-bond donors (Lipinski definition) is 1. The maximum Gasteiger partial charge on any atom is 0.303 e. The Morgan fingerprint density at radius 2 is 2.11 bits per heavy atom. The molecule has 0 radical (unpaired) electrons. The first-order valence-corrected chi connectivity index (χ1v) is 6.14. The van der Waals surface area contributed by atoms with Crippen molar-refractivity contribution in [2.75, 3.05) is 5.32 Å². The lowest BCUT2D eigenvalue weighted by Gasteiger charge is -2.25. The zero-order valence-electron chi connectivity index (χ0n) is 10.7. The number of aryl methyl sites for hydroxylation is 1. The Bertz CT molecular complexity index is 482. The fourth-order valence-corrected chi connectivity index (χ4v) is 2.36. The van der Waals surface area contributed by atoms with Crippen LogP contribution >= 0.6 is 0 Å². The molecule has 1 amide bonds. The van der Waals surface area contributed by atoms with Crippen molar-refractivity contribution in [1.82, 2.24) is 0 Å². The molecule has 1 atom stereocenters. The Balaban J connectivity index is 2.28. The molecule has 1 aliphatic rings. The van der Waals surface area contributed by atoms with E-state index in [4.69, 9.17) is 4.74 Å². The second-order valence-electron chi connectivity index (χ2n) is 4.59. The predicted molar refractivity (Wildman–Crippen MR) is 68.2 cm³/mol. The molecule has 0 aromatic heterocycles. The molecule has 2 rings (SSSR count). The van der Waals surface area contributed by atoms with Crippen molar-refractivity contribution in [2.45, 2.75) is 39.2 Å². The maximum absolute atomic E-state index is 11.1. The van der Waals surface area contributed by atoms with Crippen LogP contribution in [0.4, 0.5) is 5.69 Å². The number of hydrogen-bond acceptors (Lipinski definition) is 3. The molecule has 1 aromatic rings. The largest absolute Gasteiger partial charge is 0.458 e. The van der Waals surface area contributed by atoms with Gasteiger partial charge in [0, 0.05) is 19.5 Å². The summed E-state index contributed by atoms with van der Waals surface area (Å²) in [4.78, 5) is 22.1. The lowest BCUT2D eigenvalue weighted by Crippen LogP contribution is -2.16. The van der Waals surface area contributed by atoms with E-state index in [0.29, 0.717) is 0 Å². The molecule has 1 N–H and O–H groups in total. The average molecular weight is 247 g/mol.